The fraction of sp³-hybridized carbons (Fsp3) is 0.0556. The third-order valence-corrected chi connectivity index (χ3v) is 12.0. The molecule has 0 saturated heterocycles. The number of para-hydroxylation sites is 3. The van der Waals surface area contributed by atoms with Crippen LogP contribution in [-0.2, 0) is 0 Å². The van der Waals surface area contributed by atoms with E-state index in [1.54, 1.807) is 0 Å². The van der Waals surface area contributed by atoms with Crippen LogP contribution in [0.1, 0.15) is 16.7 Å². The maximum absolute atomic E-state index is 6.68. The number of hydrogen-bond donors (Lipinski definition) is 0. The lowest BCUT2D eigenvalue weighted by Crippen LogP contribution is -2.07. The molecule has 0 spiro atoms. The largest absolute Gasteiger partial charge is 0.455 e. The Morgan fingerprint density at radius 1 is 0.400 bits per heavy atom. The van der Waals surface area contributed by atoms with Gasteiger partial charge in [0.05, 0.1) is 22.1 Å². The van der Waals surface area contributed by atoms with Crippen molar-refractivity contribution in [2.75, 3.05) is 0 Å². The van der Waals surface area contributed by atoms with Crippen molar-refractivity contribution in [2.24, 2.45) is 0 Å². The summed E-state index contributed by atoms with van der Waals surface area (Å²) in [6.07, 6.45) is 0. The molecule has 8 aromatic carbocycles. The third kappa shape index (κ3) is 5.24. The predicted octanol–water partition coefficient (Wildman–Crippen LogP) is 13.9. The molecule has 284 valence electrons. The number of aryl methyl sites for hydroxylation is 3. The zero-order chi connectivity index (χ0) is 40.1. The molecule has 0 fully saturated rings. The van der Waals surface area contributed by atoms with E-state index in [2.05, 4.69) is 194 Å². The second kappa shape index (κ2) is 13.1. The molecule has 0 atom stereocenters. The van der Waals surface area contributed by atoms with Gasteiger partial charge in [-0.15, -0.1) is 0 Å². The fourth-order valence-corrected chi connectivity index (χ4v) is 8.99. The lowest BCUT2D eigenvalue weighted by atomic mass is 10.00. The topological polar surface area (TPSA) is 61.7 Å². The quantitative estimate of drug-likeness (QED) is 0.175. The van der Waals surface area contributed by atoms with Gasteiger partial charge in [-0.2, -0.15) is 9.97 Å². The maximum atomic E-state index is 6.68. The van der Waals surface area contributed by atoms with Crippen molar-refractivity contribution in [2.45, 2.75) is 20.8 Å². The smallest absolute Gasteiger partial charge is 0.238 e. The first-order valence-electron chi connectivity index (χ1n) is 20.4. The fourth-order valence-electron chi connectivity index (χ4n) is 8.99. The number of fused-ring (bicyclic) bond motifs is 10. The third-order valence-electron chi connectivity index (χ3n) is 12.0. The molecule has 0 radical (unpaired) electrons. The van der Waals surface area contributed by atoms with Gasteiger partial charge in [-0.1, -0.05) is 156 Å². The average molecular weight is 772 g/mol. The molecule has 6 nitrogen and oxygen atoms in total. The Morgan fingerprint density at radius 3 is 1.47 bits per heavy atom. The van der Waals surface area contributed by atoms with Crippen LogP contribution < -0.4 is 0 Å². The minimum Gasteiger partial charge on any atom is -0.455 e. The highest BCUT2D eigenvalue weighted by atomic mass is 16.3. The first-order valence-corrected chi connectivity index (χ1v) is 20.4. The van der Waals surface area contributed by atoms with Gasteiger partial charge in [0.2, 0.25) is 5.95 Å². The molecule has 4 aromatic heterocycles. The second-order valence-corrected chi connectivity index (χ2v) is 15.9. The van der Waals surface area contributed by atoms with Gasteiger partial charge in [0, 0.05) is 54.7 Å². The predicted molar refractivity (Wildman–Crippen MR) is 246 cm³/mol. The standard InChI is InChI=1S/C54H37N5O/c1-32-16-22-35(23-17-32)44-30-38(31-45-41-12-6-9-15-48(41)60-51(44)45)58-46-13-7-4-10-39(46)42-28-29-43-40-11-5-8-14-47(40)59(50(43)49(42)58)54-56-52(36-24-18-33(2)19-25-36)55-53(57-54)37-26-20-34(3)21-27-37/h4-31H,1-3H3. The maximum Gasteiger partial charge on any atom is 0.238 e. The second-order valence-electron chi connectivity index (χ2n) is 15.9. The van der Waals surface area contributed by atoms with Crippen LogP contribution in [0.3, 0.4) is 0 Å². The van der Waals surface area contributed by atoms with Gasteiger partial charge in [0.25, 0.3) is 0 Å². The summed E-state index contributed by atoms with van der Waals surface area (Å²) < 4.78 is 11.4. The molecule has 0 aliphatic heterocycles. The van der Waals surface area contributed by atoms with Crippen LogP contribution in [0.2, 0.25) is 0 Å². The Balaban J connectivity index is 1.23. The number of hydrogen-bond acceptors (Lipinski definition) is 4. The SMILES string of the molecule is Cc1ccc(-c2nc(-c3ccc(C)cc3)nc(-n3c4ccccc4c4ccc5c6ccccc6n(-c6cc(-c7ccc(C)cc7)c7oc8ccccc8c7c6)c5c43)n2)cc1. The summed E-state index contributed by atoms with van der Waals surface area (Å²) in [5.74, 6) is 1.80. The van der Waals surface area contributed by atoms with E-state index >= 15 is 0 Å². The molecule has 0 aliphatic carbocycles. The molecule has 0 aliphatic rings. The van der Waals surface area contributed by atoms with Crippen molar-refractivity contribution in [1.82, 2.24) is 24.1 Å². The number of nitrogens with zero attached hydrogens (tertiary/aromatic N) is 5. The summed E-state index contributed by atoms with van der Waals surface area (Å²) in [5, 5.41) is 6.70. The zero-order valence-electron chi connectivity index (χ0n) is 33.3. The Hall–Kier alpha value is -7.83. The molecular formula is C54H37N5O. The molecule has 12 rings (SSSR count). The van der Waals surface area contributed by atoms with Crippen LogP contribution in [0, 0.1) is 20.8 Å². The lowest BCUT2D eigenvalue weighted by Gasteiger charge is -2.14. The van der Waals surface area contributed by atoms with Crippen molar-refractivity contribution in [3.63, 3.8) is 0 Å². The Kier molecular flexibility index (Phi) is 7.47. The Labute approximate surface area is 345 Å². The van der Waals surface area contributed by atoms with Crippen LogP contribution >= 0.6 is 0 Å². The van der Waals surface area contributed by atoms with Gasteiger partial charge in [0.15, 0.2) is 11.6 Å². The molecule has 0 bridgehead atoms. The van der Waals surface area contributed by atoms with E-state index in [0.717, 1.165) is 93.5 Å². The van der Waals surface area contributed by atoms with Crippen LogP contribution in [0.15, 0.2) is 174 Å². The van der Waals surface area contributed by atoms with E-state index in [9.17, 15) is 0 Å². The molecule has 12 aromatic rings. The highest BCUT2D eigenvalue weighted by Crippen LogP contribution is 2.44. The molecule has 0 saturated carbocycles. The van der Waals surface area contributed by atoms with Crippen LogP contribution in [0.25, 0.3) is 111 Å². The van der Waals surface area contributed by atoms with Crippen molar-refractivity contribution < 1.29 is 4.42 Å². The monoisotopic (exact) mass is 771 g/mol. The summed E-state index contributed by atoms with van der Waals surface area (Å²) >= 11 is 0. The van der Waals surface area contributed by atoms with E-state index in [1.165, 1.54) is 16.7 Å². The van der Waals surface area contributed by atoms with Gasteiger partial charge < -0.3 is 8.98 Å². The summed E-state index contributed by atoms with van der Waals surface area (Å²) in [7, 11) is 0. The average Bonchev–Trinajstić information content (AvgIpc) is 3.95. The van der Waals surface area contributed by atoms with Gasteiger partial charge in [-0.05, 0) is 56.7 Å². The van der Waals surface area contributed by atoms with E-state index in [4.69, 9.17) is 19.4 Å². The van der Waals surface area contributed by atoms with Gasteiger partial charge in [-0.3, -0.25) is 4.57 Å². The molecule has 0 N–H and O–H groups in total. The molecule has 0 unspecified atom stereocenters. The highest BCUT2D eigenvalue weighted by Gasteiger charge is 2.25. The molecule has 6 heteroatoms. The first kappa shape index (κ1) is 34.2. The molecule has 4 heterocycles. The zero-order valence-corrected chi connectivity index (χ0v) is 33.3. The molecule has 0 amide bonds. The van der Waals surface area contributed by atoms with Gasteiger partial charge in [0.1, 0.15) is 11.2 Å². The lowest BCUT2D eigenvalue weighted by molar-refractivity contribution is 0.670. The van der Waals surface area contributed by atoms with Crippen molar-refractivity contribution in [1.29, 1.82) is 0 Å². The Morgan fingerprint density at radius 2 is 0.883 bits per heavy atom. The van der Waals surface area contributed by atoms with E-state index in [1.807, 2.05) is 6.07 Å². The summed E-state index contributed by atoms with van der Waals surface area (Å²) in [5.41, 5.74) is 14.6. The minimum atomic E-state index is 0.559. The van der Waals surface area contributed by atoms with Crippen LogP contribution in [0.5, 0.6) is 0 Å². The van der Waals surface area contributed by atoms with Crippen LogP contribution in [-0.4, -0.2) is 24.1 Å². The van der Waals surface area contributed by atoms with E-state index in [-0.39, 0.29) is 0 Å². The van der Waals surface area contributed by atoms with E-state index in [0.29, 0.717) is 17.6 Å². The minimum absolute atomic E-state index is 0.559. The summed E-state index contributed by atoms with van der Waals surface area (Å²) in [6.45, 7) is 6.32. The van der Waals surface area contributed by atoms with E-state index < -0.39 is 0 Å². The highest BCUT2D eigenvalue weighted by molar-refractivity contribution is 6.24. The number of benzene rings is 8. The summed E-state index contributed by atoms with van der Waals surface area (Å²) in [4.78, 5) is 15.8. The molecule has 60 heavy (non-hydrogen) atoms. The number of rotatable bonds is 5. The van der Waals surface area contributed by atoms with Crippen LogP contribution in [0.4, 0.5) is 0 Å². The number of furan rings is 1. The van der Waals surface area contributed by atoms with Gasteiger partial charge >= 0.3 is 0 Å². The first-order chi connectivity index (χ1) is 29.5. The normalized spacial score (nSPS) is 11.9. The van der Waals surface area contributed by atoms with Crippen molar-refractivity contribution >= 4 is 65.6 Å². The van der Waals surface area contributed by atoms with Crippen molar-refractivity contribution in [3.05, 3.63) is 187 Å². The molecular weight excluding hydrogens is 735 g/mol. The van der Waals surface area contributed by atoms with Crippen molar-refractivity contribution in [3.8, 4) is 45.5 Å². The van der Waals surface area contributed by atoms with Gasteiger partial charge in [-0.25, -0.2) is 4.98 Å². The summed E-state index contributed by atoms with van der Waals surface area (Å²) in [6, 6.07) is 60.3. The Bertz CT molecular complexity index is 3600. The number of aromatic nitrogens is 5.